The molecule has 8 heteroatoms. The van der Waals surface area contributed by atoms with Crippen LogP contribution >= 0.6 is 15.9 Å². The van der Waals surface area contributed by atoms with Gasteiger partial charge in [0.1, 0.15) is 0 Å². The van der Waals surface area contributed by atoms with E-state index in [0.717, 1.165) is 16.4 Å². The molecule has 1 unspecified atom stereocenters. The van der Waals surface area contributed by atoms with Gasteiger partial charge in [-0.1, -0.05) is 34.1 Å². The highest BCUT2D eigenvalue weighted by atomic mass is 79.9. The molecule has 1 atom stereocenters. The molecule has 1 heterocycles. The number of benzene rings is 2. The first-order valence-corrected chi connectivity index (χ1v) is 10.6. The molecule has 0 aromatic heterocycles. The second-order valence-electron chi connectivity index (χ2n) is 6.14. The van der Waals surface area contributed by atoms with Crippen LogP contribution in [0.15, 0.2) is 57.9 Å². The lowest BCUT2D eigenvalue weighted by molar-refractivity contribution is -0.122. The molecular weight excluding hydrogens is 420 g/mol. The number of nitrogens with zero attached hydrogens (tertiary/aromatic N) is 1. The highest BCUT2D eigenvalue weighted by Crippen LogP contribution is 2.29. The number of carbonyl (C=O) groups excluding carboxylic acids is 2. The normalized spacial score (nSPS) is 17.4. The van der Waals surface area contributed by atoms with Crippen LogP contribution in [0.2, 0.25) is 0 Å². The van der Waals surface area contributed by atoms with Gasteiger partial charge in [-0.2, -0.15) is 0 Å². The summed E-state index contributed by atoms with van der Waals surface area (Å²) >= 11 is 3.37. The van der Waals surface area contributed by atoms with Crippen molar-refractivity contribution in [2.24, 2.45) is 5.92 Å². The molecule has 26 heavy (non-hydrogen) atoms. The Morgan fingerprint density at radius 2 is 1.92 bits per heavy atom. The Hall–Kier alpha value is -2.19. The number of hydrogen-bond donors (Lipinski definition) is 1. The van der Waals surface area contributed by atoms with Crippen molar-refractivity contribution in [3.63, 3.8) is 0 Å². The standard InChI is InChI=1S/C18H17BrN2O4S/c1-26(24,25)16-8-3-2-7-15(16)20-18(23)12-9-17(22)21(11-12)14-6-4-5-13(19)10-14/h2-8,10,12H,9,11H2,1H3,(H,20,23). The molecule has 1 fully saturated rings. The van der Waals surface area contributed by atoms with Gasteiger partial charge in [-0.25, -0.2) is 8.42 Å². The molecule has 2 amide bonds. The van der Waals surface area contributed by atoms with E-state index in [-0.39, 0.29) is 35.4 Å². The average Bonchev–Trinajstić information content (AvgIpc) is 2.96. The van der Waals surface area contributed by atoms with E-state index >= 15 is 0 Å². The quantitative estimate of drug-likeness (QED) is 0.798. The van der Waals surface area contributed by atoms with Gasteiger partial charge < -0.3 is 10.2 Å². The Kier molecular flexibility index (Phi) is 5.15. The van der Waals surface area contributed by atoms with E-state index in [4.69, 9.17) is 0 Å². The minimum absolute atomic E-state index is 0.0570. The molecule has 3 rings (SSSR count). The summed E-state index contributed by atoms with van der Waals surface area (Å²) in [7, 11) is -3.47. The van der Waals surface area contributed by atoms with Gasteiger partial charge in [-0.05, 0) is 30.3 Å². The van der Waals surface area contributed by atoms with E-state index in [2.05, 4.69) is 21.2 Å². The van der Waals surface area contributed by atoms with Gasteiger partial charge in [0.05, 0.1) is 16.5 Å². The van der Waals surface area contributed by atoms with Crippen LogP contribution in [0, 0.1) is 5.92 Å². The Morgan fingerprint density at radius 3 is 2.62 bits per heavy atom. The lowest BCUT2D eigenvalue weighted by Gasteiger charge is -2.17. The number of rotatable bonds is 4. The maximum Gasteiger partial charge on any atom is 0.229 e. The highest BCUT2D eigenvalue weighted by Gasteiger charge is 2.35. The fraction of sp³-hybridized carbons (Fsp3) is 0.222. The van der Waals surface area contributed by atoms with Gasteiger partial charge in [-0.15, -0.1) is 0 Å². The molecule has 1 N–H and O–H groups in total. The van der Waals surface area contributed by atoms with Crippen molar-refractivity contribution in [3.05, 3.63) is 53.0 Å². The average molecular weight is 437 g/mol. The molecule has 0 aliphatic carbocycles. The highest BCUT2D eigenvalue weighted by molar-refractivity contribution is 9.10. The molecule has 0 saturated carbocycles. The smallest absolute Gasteiger partial charge is 0.229 e. The van der Waals surface area contributed by atoms with Crippen molar-refractivity contribution in [2.75, 3.05) is 23.0 Å². The molecule has 2 aromatic rings. The molecule has 1 aliphatic heterocycles. The zero-order valence-corrected chi connectivity index (χ0v) is 16.4. The third-order valence-electron chi connectivity index (χ3n) is 4.16. The zero-order valence-electron chi connectivity index (χ0n) is 14.0. The van der Waals surface area contributed by atoms with Crippen LogP contribution < -0.4 is 10.2 Å². The Morgan fingerprint density at radius 1 is 1.19 bits per heavy atom. The van der Waals surface area contributed by atoms with E-state index in [1.807, 2.05) is 24.3 Å². The second-order valence-corrected chi connectivity index (χ2v) is 9.04. The molecule has 0 bridgehead atoms. The third-order valence-corrected chi connectivity index (χ3v) is 5.81. The minimum Gasteiger partial charge on any atom is -0.325 e. The van der Waals surface area contributed by atoms with Crippen LogP contribution in [0.3, 0.4) is 0 Å². The summed E-state index contributed by atoms with van der Waals surface area (Å²) in [5.41, 5.74) is 0.949. The van der Waals surface area contributed by atoms with E-state index in [1.54, 1.807) is 17.0 Å². The predicted molar refractivity (Wildman–Crippen MR) is 103 cm³/mol. The topological polar surface area (TPSA) is 83.5 Å². The van der Waals surface area contributed by atoms with Gasteiger partial charge in [0.25, 0.3) is 0 Å². The fourth-order valence-electron chi connectivity index (χ4n) is 2.90. The first-order valence-electron chi connectivity index (χ1n) is 7.91. The van der Waals surface area contributed by atoms with Crippen molar-refractivity contribution in [3.8, 4) is 0 Å². The SMILES string of the molecule is CS(=O)(=O)c1ccccc1NC(=O)C1CC(=O)N(c2cccc(Br)c2)C1. The molecule has 0 radical (unpaired) electrons. The van der Waals surface area contributed by atoms with E-state index < -0.39 is 15.8 Å². The van der Waals surface area contributed by atoms with Crippen molar-refractivity contribution < 1.29 is 18.0 Å². The molecule has 1 saturated heterocycles. The molecular formula is C18H17BrN2O4S. The summed E-state index contributed by atoms with van der Waals surface area (Å²) < 4.78 is 24.6. The lowest BCUT2D eigenvalue weighted by Crippen LogP contribution is -2.28. The van der Waals surface area contributed by atoms with Crippen LogP contribution in [0.4, 0.5) is 11.4 Å². The Bertz CT molecular complexity index is 975. The van der Waals surface area contributed by atoms with Crippen molar-refractivity contribution >= 4 is 49.0 Å². The predicted octanol–water partition coefficient (Wildman–Crippen LogP) is 2.84. The number of halogens is 1. The number of carbonyl (C=O) groups is 2. The van der Waals surface area contributed by atoms with Crippen molar-refractivity contribution in [1.82, 2.24) is 0 Å². The number of sulfone groups is 1. The van der Waals surface area contributed by atoms with E-state index in [9.17, 15) is 18.0 Å². The minimum atomic E-state index is -3.47. The second kappa shape index (κ2) is 7.20. The molecule has 0 spiro atoms. The van der Waals surface area contributed by atoms with Crippen LogP contribution in [-0.4, -0.2) is 33.0 Å². The molecule has 1 aliphatic rings. The Labute approximate surface area is 160 Å². The first kappa shape index (κ1) is 18.6. The lowest BCUT2D eigenvalue weighted by atomic mass is 10.1. The van der Waals surface area contributed by atoms with Crippen LogP contribution in [-0.2, 0) is 19.4 Å². The molecule has 2 aromatic carbocycles. The number of amides is 2. The van der Waals surface area contributed by atoms with Crippen molar-refractivity contribution in [1.29, 1.82) is 0 Å². The van der Waals surface area contributed by atoms with Gasteiger partial charge in [-0.3, -0.25) is 9.59 Å². The summed E-state index contributed by atoms with van der Waals surface area (Å²) in [6.45, 7) is 0.252. The van der Waals surface area contributed by atoms with Gasteiger partial charge >= 0.3 is 0 Å². The first-order chi connectivity index (χ1) is 12.3. The third kappa shape index (κ3) is 3.96. The zero-order chi connectivity index (χ0) is 18.9. The number of nitrogens with one attached hydrogen (secondary N) is 1. The summed E-state index contributed by atoms with van der Waals surface area (Å²) in [5, 5.41) is 2.66. The monoisotopic (exact) mass is 436 g/mol. The molecule has 6 nitrogen and oxygen atoms in total. The Balaban J connectivity index is 1.78. The fourth-order valence-corrected chi connectivity index (χ4v) is 4.14. The van der Waals surface area contributed by atoms with Crippen molar-refractivity contribution in [2.45, 2.75) is 11.3 Å². The summed E-state index contributed by atoms with van der Waals surface area (Å²) in [5.74, 6) is -1.05. The largest absolute Gasteiger partial charge is 0.325 e. The summed E-state index contributed by atoms with van der Waals surface area (Å²) in [6, 6.07) is 13.5. The number of hydrogen-bond acceptors (Lipinski definition) is 4. The van der Waals surface area contributed by atoms with E-state index in [1.165, 1.54) is 12.1 Å². The summed E-state index contributed by atoms with van der Waals surface area (Å²) in [4.78, 5) is 26.5. The maximum absolute atomic E-state index is 12.6. The van der Waals surface area contributed by atoms with Gasteiger partial charge in [0.15, 0.2) is 9.84 Å². The van der Waals surface area contributed by atoms with Crippen LogP contribution in [0.1, 0.15) is 6.42 Å². The van der Waals surface area contributed by atoms with Gasteiger partial charge in [0, 0.05) is 29.4 Å². The van der Waals surface area contributed by atoms with Gasteiger partial charge in [0.2, 0.25) is 11.8 Å². The van der Waals surface area contributed by atoms with E-state index in [0.29, 0.717) is 0 Å². The molecule has 136 valence electrons. The number of para-hydroxylation sites is 1. The van der Waals surface area contributed by atoms with Crippen LogP contribution in [0.5, 0.6) is 0 Å². The maximum atomic E-state index is 12.6. The van der Waals surface area contributed by atoms with Crippen LogP contribution in [0.25, 0.3) is 0 Å². The summed E-state index contributed by atoms with van der Waals surface area (Å²) in [6.07, 6.45) is 1.17. The number of anilines is 2.